The highest BCUT2D eigenvalue weighted by molar-refractivity contribution is 9.10. The molecule has 0 saturated carbocycles. The van der Waals surface area contributed by atoms with Gasteiger partial charge < -0.3 is 10.1 Å². The Balaban J connectivity index is 1.55. The molecule has 5 heteroatoms. The van der Waals surface area contributed by atoms with Crippen LogP contribution in [-0.4, -0.2) is 29.5 Å². The van der Waals surface area contributed by atoms with Gasteiger partial charge in [-0.1, -0.05) is 22.0 Å². The Kier molecular flexibility index (Phi) is 6.26. The zero-order chi connectivity index (χ0) is 15.1. The first-order valence-electron chi connectivity index (χ1n) is 7.25. The van der Waals surface area contributed by atoms with Gasteiger partial charge in [0.05, 0.1) is 5.69 Å². The lowest BCUT2D eigenvalue weighted by Crippen LogP contribution is -2.23. The highest BCUT2D eigenvalue weighted by Crippen LogP contribution is 2.17. The number of rotatable bonds is 8. The molecule has 1 aromatic carbocycles. The molecular formula is C16H22BrN3O. The lowest BCUT2D eigenvalue weighted by molar-refractivity contribution is 0.313. The number of benzene rings is 1. The Morgan fingerprint density at radius 3 is 2.81 bits per heavy atom. The highest BCUT2D eigenvalue weighted by atomic mass is 79.9. The summed E-state index contributed by atoms with van der Waals surface area (Å²) in [6.07, 6.45) is 1.07. The van der Waals surface area contributed by atoms with Crippen molar-refractivity contribution in [1.29, 1.82) is 0 Å². The molecule has 0 fully saturated rings. The maximum atomic E-state index is 5.66. The molecule has 2 aromatic rings. The second-order valence-electron chi connectivity index (χ2n) is 5.06. The van der Waals surface area contributed by atoms with E-state index >= 15 is 0 Å². The summed E-state index contributed by atoms with van der Waals surface area (Å²) in [5.41, 5.74) is 2.31. The van der Waals surface area contributed by atoms with Crippen LogP contribution >= 0.6 is 15.9 Å². The average molecular weight is 352 g/mol. The molecule has 0 aliphatic heterocycles. The van der Waals surface area contributed by atoms with Crippen LogP contribution in [0.3, 0.4) is 0 Å². The van der Waals surface area contributed by atoms with Crippen molar-refractivity contribution in [2.75, 3.05) is 19.7 Å². The number of hydrogen-bond acceptors (Lipinski definition) is 3. The van der Waals surface area contributed by atoms with Crippen LogP contribution in [0.1, 0.15) is 17.8 Å². The standard InChI is InChI=1S/C16H22BrN3O/c1-13-11-14(2)20(19-13)9-4-7-18-8-10-21-16-6-3-5-15(17)12-16/h3,5-6,11-12,18H,4,7-10H2,1-2H3. The molecule has 4 nitrogen and oxygen atoms in total. The number of ether oxygens (including phenoxy) is 1. The van der Waals surface area contributed by atoms with Crippen LogP contribution < -0.4 is 10.1 Å². The number of aromatic nitrogens is 2. The fourth-order valence-electron chi connectivity index (χ4n) is 2.18. The summed E-state index contributed by atoms with van der Waals surface area (Å²) in [4.78, 5) is 0. The maximum absolute atomic E-state index is 5.66. The molecule has 0 atom stereocenters. The predicted molar refractivity (Wildman–Crippen MR) is 88.8 cm³/mol. The van der Waals surface area contributed by atoms with Gasteiger partial charge in [0, 0.05) is 23.3 Å². The van der Waals surface area contributed by atoms with Crippen molar-refractivity contribution in [3.63, 3.8) is 0 Å². The Morgan fingerprint density at radius 2 is 2.10 bits per heavy atom. The molecule has 1 aromatic heterocycles. The van der Waals surface area contributed by atoms with Gasteiger partial charge in [-0.15, -0.1) is 0 Å². The Bertz CT molecular complexity index is 568. The number of hydrogen-bond donors (Lipinski definition) is 1. The third kappa shape index (κ3) is 5.52. The fourth-order valence-corrected chi connectivity index (χ4v) is 2.56. The summed E-state index contributed by atoms with van der Waals surface area (Å²) in [6.45, 7) is 7.58. The van der Waals surface area contributed by atoms with E-state index in [-0.39, 0.29) is 0 Å². The van der Waals surface area contributed by atoms with Crippen molar-refractivity contribution in [2.24, 2.45) is 0 Å². The van der Waals surface area contributed by atoms with E-state index in [1.54, 1.807) is 0 Å². The molecular weight excluding hydrogens is 330 g/mol. The van der Waals surface area contributed by atoms with Gasteiger partial charge >= 0.3 is 0 Å². The van der Waals surface area contributed by atoms with Gasteiger partial charge in [0.25, 0.3) is 0 Å². The molecule has 0 bridgehead atoms. The molecule has 2 rings (SSSR count). The van der Waals surface area contributed by atoms with Gasteiger partial charge in [-0.05, 0) is 51.1 Å². The summed E-state index contributed by atoms with van der Waals surface area (Å²) >= 11 is 3.43. The third-order valence-electron chi connectivity index (χ3n) is 3.17. The first-order valence-corrected chi connectivity index (χ1v) is 8.04. The van der Waals surface area contributed by atoms with E-state index < -0.39 is 0 Å². The summed E-state index contributed by atoms with van der Waals surface area (Å²) in [5, 5.41) is 7.84. The summed E-state index contributed by atoms with van der Waals surface area (Å²) in [7, 11) is 0. The Morgan fingerprint density at radius 1 is 1.24 bits per heavy atom. The number of halogens is 1. The van der Waals surface area contributed by atoms with Gasteiger partial charge in [-0.2, -0.15) is 5.10 Å². The SMILES string of the molecule is Cc1cc(C)n(CCCNCCOc2cccc(Br)c2)n1. The Labute approximate surface area is 134 Å². The topological polar surface area (TPSA) is 39.1 Å². The minimum absolute atomic E-state index is 0.677. The first kappa shape index (κ1) is 16.0. The van der Waals surface area contributed by atoms with Gasteiger partial charge in [-0.25, -0.2) is 0 Å². The van der Waals surface area contributed by atoms with Crippen LogP contribution in [0.4, 0.5) is 0 Å². The maximum Gasteiger partial charge on any atom is 0.120 e. The van der Waals surface area contributed by atoms with Crippen molar-refractivity contribution < 1.29 is 4.74 Å². The third-order valence-corrected chi connectivity index (χ3v) is 3.66. The zero-order valence-corrected chi connectivity index (χ0v) is 14.2. The van der Waals surface area contributed by atoms with Crippen LogP contribution in [0.2, 0.25) is 0 Å². The van der Waals surface area contributed by atoms with Gasteiger partial charge in [0.1, 0.15) is 12.4 Å². The van der Waals surface area contributed by atoms with E-state index in [2.05, 4.69) is 44.0 Å². The monoisotopic (exact) mass is 351 g/mol. The van der Waals surface area contributed by atoms with Crippen molar-refractivity contribution in [1.82, 2.24) is 15.1 Å². The normalized spacial score (nSPS) is 10.8. The number of aryl methyl sites for hydroxylation is 3. The summed E-state index contributed by atoms with van der Waals surface area (Å²) in [6, 6.07) is 10.0. The smallest absolute Gasteiger partial charge is 0.120 e. The van der Waals surface area contributed by atoms with E-state index in [9.17, 15) is 0 Å². The molecule has 21 heavy (non-hydrogen) atoms. The van der Waals surface area contributed by atoms with Gasteiger partial charge in [-0.3, -0.25) is 4.68 Å². The average Bonchev–Trinajstić information content (AvgIpc) is 2.76. The number of nitrogens with one attached hydrogen (secondary N) is 1. The molecule has 1 N–H and O–H groups in total. The largest absolute Gasteiger partial charge is 0.492 e. The molecule has 0 aliphatic rings. The minimum Gasteiger partial charge on any atom is -0.492 e. The molecule has 0 radical (unpaired) electrons. The van der Waals surface area contributed by atoms with Crippen molar-refractivity contribution in [3.05, 3.63) is 46.2 Å². The first-order chi connectivity index (χ1) is 10.1. The molecule has 0 unspecified atom stereocenters. The van der Waals surface area contributed by atoms with E-state index in [0.717, 1.165) is 42.0 Å². The van der Waals surface area contributed by atoms with Gasteiger partial charge in [0.2, 0.25) is 0 Å². The molecule has 0 aliphatic carbocycles. The van der Waals surface area contributed by atoms with Crippen LogP contribution in [-0.2, 0) is 6.54 Å². The summed E-state index contributed by atoms with van der Waals surface area (Å²) < 4.78 is 8.77. The van der Waals surface area contributed by atoms with Crippen molar-refractivity contribution in [2.45, 2.75) is 26.8 Å². The second-order valence-corrected chi connectivity index (χ2v) is 5.98. The molecule has 1 heterocycles. The van der Waals surface area contributed by atoms with Crippen LogP contribution in [0.25, 0.3) is 0 Å². The Hall–Kier alpha value is -1.33. The van der Waals surface area contributed by atoms with Crippen LogP contribution in [0.15, 0.2) is 34.8 Å². The minimum atomic E-state index is 0.677. The second kappa shape index (κ2) is 8.20. The van der Waals surface area contributed by atoms with Crippen molar-refractivity contribution >= 4 is 15.9 Å². The fraction of sp³-hybridized carbons (Fsp3) is 0.438. The van der Waals surface area contributed by atoms with Crippen LogP contribution in [0.5, 0.6) is 5.75 Å². The zero-order valence-electron chi connectivity index (χ0n) is 12.6. The number of nitrogens with zero attached hydrogens (tertiary/aromatic N) is 2. The quantitative estimate of drug-likeness (QED) is 0.741. The molecule has 0 saturated heterocycles. The van der Waals surface area contributed by atoms with E-state index in [4.69, 9.17) is 4.74 Å². The van der Waals surface area contributed by atoms with E-state index in [1.807, 2.05) is 31.2 Å². The highest BCUT2D eigenvalue weighted by Gasteiger charge is 2.00. The van der Waals surface area contributed by atoms with E-state index in [0.29, 0.717) is 6.61 Å². The van der Waals surface area contributed by atoms with Crippen molar-refractivity contribution in [3.8, 4) is 5.75 Å². The molecule has 0 spiro atoms. The predicted octanol–water partition coefficient (Wildman–Crippen LogP) is 3.32. The lowest BCUT2D eigenvalue weighted by atomic mass is 10.3. The lowest BCUT2D eigenvalue weighted by Gasteiger charge is -2.08. The molecule has 114 valence electrons. The summed E-state index contributed by atoms with van der Waals surface area (Å²) in [5.74, 6) is 0.897. The molecule has 0 amide bonds. The van der Waals surface area contributed by atoms with E-state index in [1.165, 1.54) is 5.69 Å². The van der Waals surface area contributed by atoms with Crippen LogP contribution in [0, 0.1) is 13.8 Å². The van der Waals surface area contributed by atoms with Gasteiger partial charge in [0.15, 0.2) is 0 Å².